The topological polar surface area (TPSA) is 62.3 Å². The first kappa shape index (κ1) is 18.2. The van der Waals surface area contributed by atoms with E-state index in [2.05, 4.69) is 10.3 Å². The molecule has 0 spiro atoms. The van der Waals surface area contributed by atoms with E-state index in [4.69, 9.17) is 0 Å². The van der Waals surface area contributed by atoms with E-state index in [1.165, 1.54) is 0 Å². The van der Waals surface area contributed by atoms with Crippen LogP contribution >= 0.6 is 0 Å². The van der Waals surface area contributed by atoms with Crippen molar-refractivity contribution >= 4 is 28.4 Å². The number of aryl methyl sites for hydroxylation is 2. The lowest BCUT2D eigenvalue weighted by atomic mass is 10.1. The van der Waals surface area contributed by atoms with Crippen molar-refractivity contribution in [1.29, 1.82) is 0 Å². The molecule has 28 heavy (non-hydrogen) atoms. The fraction of sp³-hybridized carbons (Fsp3) is 0.261. The molecule has 1 aliphatic heterocycles. The number of aromatic nitrogens is 1. The Morgan fingerprint density at radius 2 is 1.68 bits per heavy atom. The zero-order chi connectivity index (χ0) is 19.7. The van der Waals surface area contributed by atoms with Crippen molar-refractivity contribution in [2.75, 3.05) is 18.4 Å². The van der Waals surface area contributed by atoms with Crippen molar-refractivity contribution < 1.29 is 9.59 Å². The average molecular weight is 373 g/mol. The number of hydrogen-bond acceptors (Lipinski definition) is 3. The molecule has 0 unspecified atom stereocenters. The van der Waals surface area contributed by atoms with Gasteiger partial charge in [0.25, 0.3) is 11.8 Å². The second-order valence-electron chi connectivity index (χ2n) is 7.35. The lowest BCUT2D eigenvalue weighted by molar-refractivity contribution is 0.0792. The van der Waals surface area contributed by atoms with E-state index in [9.17, 15) is 9.59 Å². The van der Waals surface area contributed by atoms with Crippen LogP contribution in [0, 0.1) is 13.8 Å². The van der Waals surface area contributed by atoms with Crippen molar-refractivity contribution in [1.82, 2.24) is 9.88 Å². The van der Waals surface area contributed by atoms with Crippen molar-refractivity contribution in [2.24, 2.45) is 0 Å². The highest BCUT2D eigenvalue weighted by Crippen LogP contribution is 2.20. The Hall–Kier alpha value is -3.21. The van der Waals surface area contributed by atoms with Gasteiger partial charge in [-0.3, -0.25) is 14.6 Å². The fourth-order valence-corrected chi connectivity index (χ4v) is 3.62. The lowest BCUT2D eigenvalue weighted by Crippen LogP contribution is -2.27. The van der Waals surface area contributed by atoms with Gasteiger partial charge in [-0.15, -0.1) is 0 Å². The minimum absolute atomic E-state index is 0.0559. The first-order chi connectivity index (χ1) is 13.5. The van der Waals surface area contributed by atoms with E-state index in [1.54, 1.807) is 24.3 Å². The molecule has 0 aliphatic carbocycles. The third-order valence-corrected chi connectivity index (χ3v) is 5.19. The van der Waals surface area contributed by atoms with Crippen LogP contribution in [0.4, 0.5) is 5.69 Å². The second kappa shape index (κ2) is 7.43. The predicted molar refractivity (Wildman–Crippen MR) is 111 cm³/mol. The Kier molecular flexibility index (Phi) is 4.82. The molecule has 2 heterocycles. The number of anilines is 1. The molecule has 2 aromatic carbocycles. The molecular weight excluding hydrogens is 350 g/mol. The van der Waals surface area contributed by atoms with E-state index in [0.717, 1.165) is 42.4 Å². The van der Waals surface area contributed by atoms with Gasteiger partial charge in [0.1, 0.15) is 0 Å². The van der Waals surface area contributed by atoms with Gasteiger partial charge in [0.15, 0.2) is 0 Å². The number of hydrogen-bond donors (Lipinski definition) is 1. The zero-order valence-corrected chi connectivity index (χ0v) is 16.2. The van der Waals surface area contributed by atoms with Gasteiger partial charge in [0.2, 0.25) is 0 Å². The van der Waals surface area contributed by atoms with Gasteiger partial charge in [-0.2, -0.15) is 0 Å². The molecule has 1 aliphatic rings. The summed E-state index contributed by atoms with van der Waals surface area (Å²) in [6.45, 7) is 5.51. The number of nitrogens with zero attached hydrogens (tertiary/aromatic N) is 2. The Morgan fingerprint density at radius 3 is 2.39 bits per heavy atom. The first-order valence-electron chi connectivity index (χ1n) is 9.60. The minimum Gasteiger partial charge on any atom is -0.339 e. The largest absolute Gasteiger partial charge is 0.339 e. The van der Waals surface area contributed by atoms with Crippen molar-refractivity contribution in [3.05, 3.63) is 70.9 Å². The van der Waals surface area contributed by atoms with Gasteiger partial charge >= 0.3 is 0 Å². The van der Waals surface area contributed by atoms with E-state index < -0.39 is 0 Å². The molecule has 0 saturated carbocycles. The molecule has 1 aromatic heterocycles. The summed E-state index contributed by atoms with van der Waals surface area (Å²) in [5, 5.41) is 3.86. The maximum absolute atomic E-state index is 12.8. The highest BCUT2D eigenvalue weighted by molar-refractivity contribution is 6.07. The first-order valence-corrected chi connectivity index (χ1v) is 9.60. The smallest absolute Gasteiger partial charge is 0.257 e. The van der Waals surface area contributed by atoms with Crippen LogP contribution in [0.5, 0.6) is 0 Å². The van der Waals surface area contributed by atoms with E-state index in [1.807, 2.05) is 43.0 Å². The number of benzene rings is 2. The molecule has 4 rings (SSSR count). The highest BCUT2D eigenvalue weighted by Gasteiger charge is 2.19. The monoisotopic (exact) mass is 373 g/mol. The van der Waals surface area contributed by atoms with E-state index >= 15 is 0 Å². The highest BCUT2D eigenvalue weighted by atomic mass is 16.2. The number of nitrogens with one attached hydrogen (secondary N) is 1. The van der Waals surface area contributed by atoms with Gasteiger partial charge < -0.3 is 10.2 Å². The maximum atomic E-state index is 12.8. The van der Waals surface area contributed by atoms with Crippen LogP contribution in [-0.2, 0) is 0 Å². The number of pyridine rings is 1. The molecule has 1 N–H and O–H groups in total. The normalized spacial score (nSPS) is 13.7. The van der Waals surface area contributed by atoms with Crippen LogP contribution in [0.3, 0.4) is 0 Å². The van der Waals surface area contributed by atoms with Crippen LogP contribution in [0.2, 0.25) is 0 Å². The molecule has 5 nitrogen and oxygen atoms in total. The zero-order valence-electron chi connectivity index (χ0n) is 16.2. The Morgan fingerprint density at radius 1 is 0.964 bits per heavy atom. The molecule has 1 saturated heterocycles. The van der Waals surface area contributed by atoms with Crippen LogP contribution in [0.1, 0.15) is 44.8 Å². The van der Waals surface area contributed by atoms with Gasteiger partial charge in [-0.05, 0) is 69.2 Å². The van der Waals surface area contributed by atoms with Crippen LogP contribution < -0.4 is 5.32 Å². The number of amides is 2. The maximum Gasteiger partial charge on any atom is 0.257 e. The standard InChI is InChI=1S/C23H23N3O2/c1-15-5-10-21-18(13-15)14-20(16(2)24-21)22(27)25-19-8-6-17(7-9-19)23(28)26-11-3-4-12-26/h5-10,13-14H,3-4,11-12H2,1-2H3,(H,25,27). The molecule has 0 bridgehead atoms. The van der Waals surface area contributed by atoms with Crippen molar-refractivity contribution in [3.8, 4) is 0 Å². The summed E-state index contributed by atoms with van der Waals surface area (Å²) in [4.78, 5) is 31.6. The number of carbonyl (C=O) groups is 2. The predicted octanol–water partition coefficient (Wildman–Crippen LogP) is 4.34. The van der Waals surface area contributed by atoms with Crippen LogP contribution in [0.15, 0.2) is 48.5 Å². The molecule has 2 amide bonds. The third-order valence-electron chi connectivity index (χ3n) is 5.19. The van der Waals surface area contributed by atoms with E-state index in [-0.39, 0.29) is 11.8 Å². The Bertz CT molecular complexity index is 1050. The Balaban J connectivity index is 1.52. The second-order valence-corrected chi connectivity index (χ2v) is 7.35. The van der Waals surface area contributed by atoms with Gasteiger partial charge in [0, 0.05) is 29.7 Å². The van der Waals surface area contributed by atoms with Gasteiger partial charge in [-0.25, -0.2) is 0 Å². The van der Waals surface area contributed by atoms with Gasteiger partial charge in [0.05, 0.1) is 16.8 Å². The number of likely N-dealkylation sites (tertiary alicyclic amines) is 1. The Labute approximate surface area is 164 Å². The summed E-state index contributed by atoms with van der Waals surface area (Å²) in [6, 6.07) is 15.0. The summed E-state index contributed by atoms with van der Waals surface area (Å²) in [7, 11) is 0. The summed E-state index contributed by atoms with van der Waals surface area (Å²) < 4.78 is 0. The van der Waals surface area contributed by atoms with Crippen molar-refractivity contribution in [2.45, 2.75) is 26.7 Å². The summed E-state index contributed by atoms with van der Waals surface area (Å²) in [5.74, 6) is -0.146. The summed E-state index contributed by atoms with van der Waals surface area (Å²) in [5.41, 5.74) is 4.56. The number of carbonyl (C=O) groups excluding carboxylic acids is 2. The molecule has 5 heteroatoms. The quantitative estimate of drug-likeness (QED) is 0.743. The average Bonchev–Trinajstić information content (AvgIpc) is 3.22. The molecule has 1 fully saturated rings. The molecule has 142 valence electrons. The van der Waals surface area contributed by atoms with Crippen LogP contribution in [0.25, 0.3) is 10.9 Å². The van der Waals surface area contributed by atoms with Gasteiger partial charge in [-0.1, -0.05) is 11.6 Å². The minimum atomic E-state index is -0.202. The van der Waals surface area contributed by atoms with Crippen LogP contribution in [-0.4, -0.2) is 34.8 Å². The molecular formula is C23H23N3O2. The summed E-state index contributed by atoms with van der Waals surface area (Å²) in [6.07, 6.45) is 2.14. The number of rotatable bonds is 3. The third kappa shape index (κ3) is 3.60. The molecule has 0 atom stereocenters. The van der Waals surface area contributed by atoms with E-state index in [0.29, 0.717) is 22.5 Å². The lowest BCUT2D eigenvalue weighted by Gasteiger charge is -2.15. The molecule has 3 aromatic rings. The van der Waals surface area contributed by atoms with Crippen molar-refractivity contribution in [3.63, 3.8) is 0 Å². The fourth-order valence-electron chi connectivity index (χ4n) is 3.62. The SMILES string of the molecule is Cc1ccc2nc(C)c(C(=O)Nc3ccc(C(=O)N4CCCC4)cc3)cc2c1. The number of fused-ring (bicyclic) bond motifs is 1. The summed E-state index contributed by atoms with van der Waals surface area (Å²) >= 11 is 0. The molecule has 0 radical (unpaired) electrons.